The zero-order valence-electron chi connectivity index (χ0n) is 21.1. The molecule has 210 valence electrons. The first-order chi connectivity index (χ1) is 16.7. The summed E-state index contributed by atoms with van der Waals surface area (Å²) in [6.45, 7) is 6.57. The topological polar surface area (TPSA) is 199 Å². The highest BCUT2D eigenvalue weighted by Gasteiger charge is 2.53. The maximum Gasteiger partial charge on any atom is 0.186 e. The normalized spacial score (nSPS) is 48.7. The van der Waals surface area contributed by atoms with Gasteiger partial charge in [-0.3, -0.25) is 0 Å². The molecule has 12 heteroatoms. The molecule has 1 saturated carbocycles. The van der Waals surface area contributed by atoms with E-state index in [1.54, 1.807) is 19.1 Å². The third-order valence-electron chi connectivity index (χ3n) is 7.69. The highest BCUT2D eigenvalue weighted by atomic mass is 16.7. The summed E-state index contributed by atoms with van der Waals surface area (Å²) in [5, 5.41) is 81.7. The Morgan fingerprint density at radius 1 is 0.972 bits per heavy atom. The zero-order chi connectivity index (χ0) is 27.0. The van der Waals surface area contributed by atoms with Gasteiger partial charge in [0.25, 0.3) is 0 Å². The van der Waals surface area contributed by atoms with E-state index in [4.69, 9.17) is 18.9 Å². The number of aliphatic hydroxyl groups excluding tert-OH is 7. The lowest BCUT2D eigenvalue weighted by molar-refractivity contribution is -0.332. The predicted molar refractivity (Wildman–Crippen MR) is 123 cm³/mol. The smallest absolute Gasteiger partial charge is 0.186 e. The van der Waals surface area contributed by atoms with Gasteiger partial charge in [-0.2, -0.15) is 0 Å². The fourth-order valence-electron chi connectivity index (χ4n) is 5.31. The molecule has 0 radical (unpaired) electrons. The number of ether oxygens (including phenoxy) is 4. The van der Waals surface area contributed by atoms with E-state index in [9.17, 15) is 40.9 Å². The van der Waals surface area contributed by atoms with Gasteiger partial charge in [0, 0.05) is 0 Å². The minimum atomic E-state index is -1.61. The van der Waals surface area contributed by atoms with Gasteiger partial charge < -0.3 is 59.8 Å². The van der Waals surface area contributed by atoms with Gasteiger partial charge in [0.05, 0.1) is 31.0 Å². The van der Waals surface area contributed by atoms with E-state index in [-0.39, 0.29) is 19.1 Å². The van der Waals surface area contributed by atoms with Crippen molar-refractivity contribution >= 4 is 0 Å². The van der Waals surface area contributed by atoms with Crippen molar-refractivity contribution in [3.63, 3.8) is 0 Å². The first-order valence-corrected chi connectivity index (χ1v) is 12.4. The van der Waals surface area contributed by atoms with Crippen LogP contribution in [0.5, 0.6) is 0 Å². The van der Waals surface area contributed by atoms with Crippen molar-refractivity contribution in [3.05, 3.63) is 12.2 Å². The van der Waals surface area contributed by atoms with Crippen LogP contribution in [0.3, 0.4) is 0 Å². The van der Waals surface area contributed by atoms with Crippen LogP contribution >= 0.6 is 0 Å². The van der Waals surface area contributed by atoms with E-state index in [1.165, 1.54) is 0 Å². The quantitative estimate of drug-likeness (QED) is 0.168. The Morgan fingerprint density at radius 3 is 2.22 bits per heavy atom. The fraction of sp³-hybridized carbons (Fsp3) is 0.917. The van der Waals surface area contributed by atoms with Crippen LogP contribution in [-0.2, 0) is 18.9 Å². The van der Waals surface area contributed by atoms with Crippen LogP contribution in [-0.4, -0.2) is 127 Å². The van der Waals surface area contributed by atoms with Crippen LogP contribution in [0, 0.1) is 11.3 Å². The summed E-state index contributed by atoms with van der Waals surface area (Å²) in [6, 6.07) is 0. The zero-order valence-corrected chi connectivity index (χ0v) is 21.1. The Labute approximate surface area is 210 Å². The maximum atomic E-state index is 11.4. The monoisotopic (exact) mass is 522 g/mol. The van der Waals surface area contributed by atoms with Gasteiger partial charge in [-0.05, 0) is 31.1 Å². The summed E-state index contributed by atoms with van der Waals surface area (Å²) in [5.74, 6) is -0.275. The minimum Gasteiger partial charge on any atom is -0.389 e. The average Bonchev–Trinajstić information content (AvgIpc) is 2.80. The summed E-state index contributed by atoms with van der Waals surface area (Å²) < 4.78 is 22.4. The Balaban J connectivity index is 1.64. The number of rotatable bonds is 7. The maximum absolute atomic E-state index is 11.4. The van der Waals surface area contributed by atoms with Gasteiger partial charge in [-0.25, -0.2) is 0 Å². The van der Waals surface area contributed by atoms with Crippen molar-refractivity contribution in [2.24, 2.45) is 11.3 Å². The van der Waals surface area contributed by atoms with E-state index in [0.29, 0.717) is 12.8 Å². The van der Waals surface area contributed by atoms with Gasteiger partial charge in [0.2, 0.25) is 0 Å². The van der Waals surface area contributed by atoms with E-state index >= 15 is 0 Å². The molecular formula is C24H42O12. The summed E-state index contributed by atoms with van der Waals surface area (Å²) in [4.78, 5) is 0. The molecule has 1 aliphatic carbocycles. The third-order valence-corrected chi connectivity index (χ3v) is 7.69. The molecule has 36 heavy (non-hydrogen) atoms. The molecule has 0 bridgehead atoms. The molecule has 2 heterocycles. The largest absolute Gasteiger partial charge is 0.389 e. The molecular weight excluding hydrogens is 480 g/mol. The van der Waals surface area contributed by atoms with Crippen molar-refractivity contribution in [2.45, 2.75) is 114 Å². The van der Waals surface area contributed by atoms with Gasteiger partial charge in [0.1, 0.15) is 42.7 Å². The molecule has 2 saturated heterocycles. The molecule has 13 atom stereocenters. The van der Waals surface area contributed by atoms with Crippen LogP contribution in [0.2, 0.25) is 0 Å². The lowest BCUT2D eigenvalue weighted by atomic mass is 9.59. The molecule has 0 amide bonds. The van der Waals surface area contributed by atoms with Gasteiger partial charge >= 0.3 is 0 Å². The molecule has 0 spiro atoms. The standard InChI is InChI=1S/C24H42O12/c1-11-7-13(8-23(3,4)24(11,32)6-5-12(2)25)35-22-20(31)18(29)17(28)15(36-22)10-34-21-19(30)16(27)14(26)9-33-21/h5-6,11-22,25-32H,7-10H2,1-4H3. The third kappa shape index (κ3) is 6.11. The average molecular weight is 523 g/mol. The van der Waals surface area contributed by atoms with Gasteiger partial charge in [-0.15, -0.1) is 0 Å². The summed E-state index contributed by atoms with van der Waals surface area (Å²) >= 11 is 0. The van der Waals surface area contributed by atoms with Crippen molar-refractivity contribution < 1.29 is 59.8 Å². The second-order valence-electron chi connectivity index (χ2n) is 11.0. The van der Waals surface area contributed by atoms with Crippen molar-refractivity contribution in [2.75, 3.05) is 13.2 Å². The van der Waals surface area contributed by atoms with Crippen molar-refractivity contribution in [1.29, 1.82) is 0 Å². The second kappa shape index (κ2) is 11.6. The minimum absolute atomic E-state index is 0.265. The Kier molecular flexibility index (Phi) is 9.57. The molecule has 2 aliphatic heterocycles. The first-order valence-electron chi connectivity index (χ1n) is 12.4. The summed E-state index contributed by atoms with van der Waals surface area (Å²) in [6.07, 6.45) is -9.97. The van der Waals surface area contributed by atoms with E-state index in [1.807, 2.05) is 20.8 Å². The van der Waals surface area contributed by atoms with Crippen LogP contribution < -0.4 is 0 Å². The molecule has 3 rings (SSSR count). The molecule has 12 nitrogen and oxygen atoms in total. The second-order valence-corrected chi connectivity index (χ2v) is 11.0. The molecule has 3 aliphatic rings. The molecule has 13 unspecified atom stereocenters. The van der Waals surface area contributed by atoms with Crippen LogP contribution in [0.25, 0.3) is 0 Å². The summed E-state index contributed by atoms with van der Waals surface area (Å²) in [7, 11) is 0. The predicted octanol–water partition coefficient (Wildman–Crippen LogP) is -2.24. The van der Waals surface area contributed by atoms with Crippen LogP contribution in [0.4, 0.5) is 0 Å². The van der Waals surface area contributed by atoms with Crippen molar-refractivity contribution in [1.82, 2.24) is 0 Å². The lowest BCUT2D eigenvalue weighted by Crippen LogP contribution is -2.62. The molecule has 0 aromatic carbocycles. The van der Waals surface area contributed by atoms with Crippen molar-refractivity contribution in [3.8, 4) is 0 Å². The molecule has 0 aromatic heterocycles. The van der Waals surface area contributed by atoms with Crippen LogP contribution in [0.15, 0.2) is 12.2 Å². The fourth-order valence-corrected chi connectivity index (χ4v) is 5.31. The SMILES string of the molecule is CC(O)C=CC1(O)C(C)CC(OC2OC(COC3OCC(O)C(O)C3O)C(O)C(O)C2O)CC1(C)C. The summed E-state index contributed by atoms with van der Waals surface area (Å²) in [5.41, 5.74) is -1.87. The van der Waals surface area contributed by atoms with E-state index < -0.39 is 78.5 Å². The number of aliphatic hydroxyl groups is 8. The number of hydrogen-bond donors (Lipinski definition) is 8. The van der Waals surface area contributed by atoms with Gasteiger partial charge in [-0.1, -0.05) is 32.9 Å². The van der Waals surface area contributed by atoms with Gasteiger partial charge in [0.15, 0.2) is 12.6 Å². The van der Waals surface area contributed by atoms with E-state index in [2.05, 4.69) is 0 Å². The van der Waals surface area contributed by atoms with E-state index in [0.717, 1.165) is 0 Å². The number of hydrogen-bond acceptors (Lipinski definition) is 12. The molecule has 3 fully saturated rings. The Bertz CT molecular complexity index is 747. The lowest BCUT2D eigenvalue weighted by Gasteiger charge is -2.52. The highest BCUT2D eigenvalue weighted by Crippen LogP contribution is 2.49. The first kappa shape index (κ1) is 29.8. The highest BCUT2D eigenvalue weighted by molar-refractivity contribution is 5.15. The Morgan fingerprint density at radius 2 is 1.61 bits per heavy atom. The molecule has 8 N–H and O–H groups in total. The van der Waals surface area contributed by atoms with Crippen LogP contribution in [0.1, 0.15) is 40.5 Å². The Hall–Kier alpha value is -0.740. The molecule has 0 aromatic rings.